The molecule has 1 heterocycles. The van der Waals surface area contributed by atoms with Crippen LogP contribution in [0.4, 0.5) is 5.69 Å². The smallest absolute Gasteiger partial charge is 0.148 e. The molecule has 21 heavy (non-hydrogen) atoms. The normalized spacial score (nSPS) is 16.3. The van der Waals surface area contributed by atoms with Crippen molar-refractivity contribution < 1.29 is 8.42 Å². The van der Waals surface area contributed by atoms with Gasteiger partial charge in [0.2, 0.25) is 0 Å². The average Bonchev–Trinajstić information content (AvgIpc) is 2.78. The van der Waals surface area contributed by atoms with Gasteiger partial charge in [-0.15, -0.1) is 0 Å². The molecule has 0 amide bonds. The Morgan fingerprint density at radius 3 is 2.76 bits per heavy atom. The Kier molecular flexibility index (Phi) is 4.91. The van der Waals surface area contributed by atoms with Crippen molar-refractivity contribution in [2.24, 2.45) is 5.73 Å². The van der Waals surface area contributed by atoms with Crippen molar-refractivity contribution in [2.45, 2.75) is 12.5 Å². The molecule has 0 fully saturated rings. The minimum absolute atomic E-state index is 0.0583. The SMILES string of the molecule is CN1CCc2cc(C(CN)N(C)CCS(C)(=O)=O)ccc21. The number of hydrogen-bond acceptors (Lipinski definition) is 5. The van der Waals surface area contributed by atoms with Gasteiger partial charge in [-0.1, -0.05) is 12.1 Å². The summed E-state index contributed by atoms with van der Waals surface area (Å²) in [6, 6.07) is 6.52. The van der Waals surface area contributed by atoms with Gasteiger partial charge in [0, 0.05) is 44.7 Å². The van der Waals surface area contributed by atoms with Crippen LogP contribution in [-0.4, -0.2) is 59.1 Å². The summed E-state index contributed by atoms with van der Waals surface area (Å²) in [6.45, 7) is 2.03. The third kappa shape index (κ3) is 3.96. The fourth-order valence-electron chi connectivity index (χ4n) is 2.83. The van der Waals surface area contributed by atoms with Crippen LogP contribution in [0.1, 0.15) is 17.2 Å². The maximum Gasteiger partial charge on any atom is 0.148 e. The Bertz CT molecular complexity index is 601. The zero-order valence-electron chi connectivity index (χ0n) is 13.0. The zero-order chi connectivity index (χ0) is 15.6. The molecule has 6 heteroatoms. The van der Waals surface area contributed by atoms with Crippen molar-refractivity contribution in [1.29, 1.82) is 0 Å². The fourth-order valence-corrected chi connectivity index (χ4v) is 3.45. The molecular weight excluding hydrogens is 286 g/mol. The van der Waals surface area contributed by atoms with E-state index in [0.29, 0.717) is 13.1 Å². The molecule has 0 aromatic heterocycles. The van der Waals surface area contributed by atoms with E-state index in [2.05, 4.69) is 30.1 Å². The van der Waals surface area contributed by atoms with Crippen LogP contribution in [0.25, 0.3) is 0 Å². The van der Waals surface area contributed by atoms with Crippen LogP contribution in [0.3, 0.4) is 0 Å². The molecule has 0 saturated carbocycles. The first-order valence-electron chi connectivity index (χ1n) is 7.24. The van der Waals surface area contributed by atoms with Crippen molar-refractivity contribution in [3.63, 3.8) is 0 Å². The summed E-state index contributed by atoms with van der Waals surface area (Å²) in [6.07, 6.45) is 2.33. The van der Waals surface area contributed by atoms with Gasteiger partial charge < -0.3 is 10.6 Å². The van der Waals surface area contributed by atoms with Crippen LogP contribution in [0.2, 0.25) is 0 Å². The summed E-state index contributed by atoms with van der Waals surface area (Å²) >= 11 is 0. The van der Waals surface area contributed by atoms with E-state index in [9.17, 15) is 8.42 Å². The molecule has 1 aromatic rings. The minimum atomic E-state index is -2.95. The summed E-state index contributed by atoms with van der Waals surface area (Å²) < 4.78 is 22.6. The van der Waals surface area contributed by atoms with Crippen LogP contribution in [0.15, 0.2) is 18.2 Å². The van der Waals surface area contributed by atoms with Gasteiger partial charge in [0.25, 0.3) is 0 Å². The second-order valence-electron chi connectivity index (χ2n) is 5.92. The number of hydrogen-bond donors (Lipinski definition) is 1. The van der Waals surface area contributed by atoms with Gasteiger partial charge in [0.15, 0.2) is 0 Å². The number of sulfone groups is 1. The molecule has 2 rings (SSSR count). The minimum Gasteiger partial charge on any atom is -0.374 e. The van der Waals surface area contributed by atoms with Crippen LogP contribution in [0, 0.1) is 0 Å². The third-order valence-electron chi connectivity index (χ3n) is 4.19. The predicted molar refractivity (Wildman–Crippen MR) is 87.6 cm³/mol. The summed E-state index contributed by atoms with van der Waals surface area (Å²) in [7, 11) is 1.08. The quantitative estimate of drug-likeness (QED) is 0.836. The molecular formula is C15H25N3O2S. The van der Waals surface area contributed by atoms with E-state index in [-0.39, 0.29) is 11.8 Å². The number of anilines is 1. The Morgan fingerprint density at radius 2 is 2.14 bits per heavy atom. The van der Waals surface area contributed by atoms with E-state index in [4.69, 9.17) is 5.73 Å². The maximum absolute atomic E-state index is 11.3. The van der Waals surface area contributed by atoms with E-state index >= 15 is 0 Å². The third-order valence-corrected chi connectivity index (χ3v) is 5.11. The van der Waals surface area contributed by atoms with Crippen molar-refractivity contribution in [2.75, 3.05) is 50.6 Å². The standard InChI is InChI=1S/C15H25N3O2S/c1-17-7-6-13-10-12(4-5-14(13)17)15(11-16)18(2)8-9-21(3,19)20/h4-5,10,15H,6-9,11,16H2,1-3H3. The zero-order valence-corrected chi connectivity index (χ0v) is 13.9. The number of rotatable bonds is 6. The monoisotopic (exact) mass is 311 g/mol. The molecule has 0 radical (unpaired) electrons. The Hall–Kier alpha value is -1.11. The summed E-state index contributed by atoms with van der Waals surface area (Å²) in [4.78, 5) is 4.28. The molecule has 1 atom stereocenters. The number of fused-ring (bicyclic) bond motifs is 1. The first-order chi connectivity index (χ1) is 9.81. The van der Waals surface area contributed by atoms with Crippen molar-refractivity contribution in [3.05, 3.63) is 29.3 Å². The highest BCUT2D eigenvalue weighted by molar-refractivity contribution is 7.90. The van der Waals surface area contributed by atoms with Crippen molar-refractivity contribution >= 4 is 15.5 Å². The van der Waals surface area contributed by atoms with Gasteiger partial charge >= 0.3 is 0 Å². The summed E-state index contributed by atoms with van der Waals surface area (Å²) in [5.74, 6) is 0.160. The lowest BCUT2D eigenvalue weighted by Gasteiger charge is -2.27. The van der Waals surface area contributed by atoms with Crippen LogP contribution in [0.5, 0.6) is 0 Å². The highest BCUT2D eigenvalue weighted by Crippen LogP contribution is 2.30. The van der Waals surface area contributed by atoms with Gasteiger partial charge in [-0.2, -0.15) is 0 Å². The molecule has 118 valence electrons. The Balaban J connectivity index is 2.14. The largest absolute Gasteiger partial charge is 0.374 e. The van der Waals surface area contributed by atoms with E-state index < -0.39 is 9.84 Å². The first-order valence-corrected chi connectivity index (χ1v) is 9.30. The first kappa shape index (κ1) is 16.3. The van der Waals surface area contributed by atoms with Crippen molar-refractivity contribution in [1.82, 2.24) is 4.90 Å². The Labute approximate surface area is 127 Å². The molecule has 0 saturated heterocycles. The van der Waals surface area contributed by atoms with E-state index in [0.717, 1.165) is 13.0 Å². The van der Waals surface area contributed by atoms with Crippen LogP contribution in [-0.2, 0) is 16.3 Å². The van der Waals surface area contributed by atoms with Gasteiger partial charge in [-0.25, -0.2) is 8.42 Å². The lowest BCUT2D eigenvalue weighted by molar-refractivity contribution is 0.264. The highest BCUT2D eigenvalue weighted by Gasteiger charge is 2.21. The number of nitrogens with two attached hydrogens (primary N) is 1. The second-order valence-corrected chi connectivity index (χ2v) is 8.18. The molecule has 5 nitrogen and oxygen atoms in total. The van der Waals surface area contributed by atoms with Crippen molar-refractivity contribution in [3.8, 4) is 0 Å². The molecule has 0 spiro atoms. The van der Waals surface area contributed by atoms with E-state index in [1.54, 1.807) is 0 Å². The lowest BCUT2D eigenvalue weighted by atomic mass is 10.0. The van der Waals surface area contributed by atoms with E-state index in [1.165, 1.54) is 23.1 Å². The topological polar surface area (TPSA) is 66.6 Å². The van der Waals surface area contributed by atoms with Crippen LogP contribution >= 0.6 is 0 Å². The van der Waals surface area contributed by atoms with Gasteiger partial charge in [-0.05, 0) is 30.7 Å². The number of likely N-dealkylation sites (N-methyl/N-ethyl adjacent to an activating group) is 2. The number of benzene rings is 1. The molecule has 0 aliphatic carbocycles. The predicted octanol–water partition coefficient (Wildman–Crippen LogP) is 0.655. The Morgan fingerprint density at radius 1 is 1.43 bits per heavy atom. The second kappa shape index (κ2) is 6.34. The lowest BCUT2D eigenvalue weighted by Crippen LogP contribution is -2.34. The summed E-state index contributed by atoms with van der Waals surface area (Å²) in [5, 5.41) is 0. The molecule has 1 aliphatic rings. The van der Waals surface area contributed by atoms with Crippen LogP contribution < -0.4 is 10.6 Å². The van der Waals surface area contributed by atoms with Gasteiger partial charge in [0.05, 0.1) is 5.75 Å². The highest BCUT2D eigenvalue weighted by atomic mass is 32.2. The molecule has 2 N–H and O–H groups in total. The maximum atomic E-state index is 11.3. The van der Waals surface area contributed by atoms with Gasteiger partial charge in [-0.3, -0.25) is 4.90 Å². The summed E-state index contributed by atoms with van der Waals surface area (Å²) in [5.41, 5.74) is 9.72. The molecule has 0 bridgehead atoms. The fraction of sp³-hybridized carbons (Fsp3) is 0.600. The van der Waals surface area contributed by atoms with Gasteiger partial charge in [0.1, 0.15) is 9.84 Å². The average molecular weight is 311 g/mol. The molecule has 1 unspecified atom stereocenters. The molecule has 1 aliphatic heterocycles. The number of nitrogens with zero attached hydrogens (tertiary/aromatic N) is 2. The van der Waals surface area contributed by atoms with E-state index in [1.807, 2.05) is 11.9 Å². The molecule has 1 aromatic carbocycles.